The van der Waals surface area contributed by atoms with Crippen LogP contribution in [0.5, 0.6) is 5.75 Å². The second-order valence-electron chi connectivity index (χ2n) is 5.31. The fourth-order valence-corrected chi connectivity index (χ4v) is 4.28. The van der Waals surface area contributed by atoms with E-state index in [9.17, 15) is 12.8 Å². The van der Waals surface area contributed by atoms with E-state index in [0.29, 0.717) is 19.0 Å². The van der Waals surface area contributed by atoms with Gasteiger partial charge in [-0.05, 0) is 30.9 Å². The van der Waals surface area contributed by atoms with Gasteiger partial charge in [0.1, 0.15) is 0 Å². The van der Waals surface area contributed by atoms with Crippen LogP contribution < -0.4 is 10.5 Å². The van der Waals surface area contributed by atoms with Gasteiger partial charge in [-0.2, -0.15) is 4.31 Å². The third-order valence-electron chi connectivity index (χ3n) is 3.95. The first-order valence-electron chi connectivity index (χ1n) is 7.03. The van der Waals surface area contributed by atoms with Gasteiger partial charge >= 0.3 is 0 Å². The number of nitrogens with zero attached hydrogens (tertiary/aromatic N) is 1. The van der Waals surface area contributed by atoms with E-state index in [0.717, 1.165) is 25.3 Å². The molecule has 0 spiro atoms. The molecule has 5 nitrogen and oxygen atoms in total. The number of methoxy groups -OCH3 is 1. The quantitative estimate of drug-likeness (QED) is 0.865. The Balaban J connectivity index is 2.35. The molecule has 1 fully saturated rings. The van der Waals surface area contributed by atoms with E-state index in [-0.39, 0.29) is 16.3 Å². The molecule has 1 heterocycles. The van der Waals surface area contributed by atoms with Crippen LogP contribution in [0.2, 0.25) is 0 Å². The molecule has 0 aromatic heterocycles. The first-order valence-corrected chi connectivity index (χ1v) is 8.47. The molecule has 21 heavy (non-hydrogen) atoms. The minimum atomic E-state index is -3.72. The maximum absolute atomic E-state index is 13.9. The number of halogens is 1. The van der Waals surface area contributed by atoms with E-state index in [2.05, 4.69) is 0 Å². The Kier molecular flexibility index (Phi) is 4.73. The lowest BCUT2D eigenvalue weighted by molar-refractivity contribution is 0.261. The molecule has 1 atom stereocenters. The van der Waals surface area contributed by atoms with Gasteiger partial charge in [-0.15, -0.1) is 0 Å². The maximum Gasteiger partial charge on any atom is 0.243 e. The van der Waals surface area contributed by atoms with Gasteiger partial charge in [0.05, 0.1) is 17.7 Å². The highest BCUT2D eigenvalue weighted by molar-refractivity contribution is 7.89. The van der Waals surface area contributed by atoms with Crippen molar-refractivity contribution in [3.63, 3.8) is 0 Å². The summed E-state index contributed by atoms with van der Waals surface area (Å²) in [6.45, 7) is 2.99. The molecule has 1 aromatic rings. The molecule has 2 rings (SSSR count). The van der Waals surface area contributed by atoms with Crippen molar-refractivity contribution in [2.24, 2.45) is 5.92 Å². The predicted molar refractivity (Wildman–Crippen MR) is 79.1 cm³/mol. The third-order valence-corrected chi connectivity index (χ3v) is 5.79. The highest BCUT2D eigenvalue weighted by Gasteiger charge is 2.30. The zero-order valence-electron chi connectivity index (χ0n) is 12.3. The second kappa shape index (κ2) is 6.19. The van der Waals surface area contributed by atoms with E-state index >= 15 is 0 Å². The molecule has 0 amide bonds. The lowest BCUT2D eigenvalue weighted by Crippen LogP contribution is -2.39. The Morgan fingerprint density at radius 3 is 2.76 bits per heavy atom. The topological polar surface area (TPSA) is 72.6 Å². The smallest absolute Gasteiger partial charge is 0.243 e. The summed E-state index contributed by atoms with van der Waals surface area (Å²) in [5, 5.41) is 0. The molecule has 1 saturated heterocycles. The van der Waals surface area contributed by atoms with Gasteiger partial charge in [-0.1, -0.05) is 13.3 Å². The van der Waals surface area contributed by atoms with Crippen LogP contribution in [0, 0.1) is 11.7 Å². The van der Waals surface area contributed by atoms with Gasteiger partial charge in [0, 0.05) is 13.1 Å². The SMILES string of the molecule is CCC1CCCN(S(=O)(=O)c2cc(N)c(OC)c(F)c2)C1. The van der Waals surface area contributed by atoms with Gasteiger partial charge in [0.2, 0.25) is 10.0 Å². The van der Waals surface area contributed by atoms with Crippen molar-refractivity contribution in [3.8, 4) is 5.75 Å². The summed E-state index contributed by atoms with van der Waals surface area (Å²) >= 11 is 0. The molecular weight excluding hydrogens is 295 g/mol. The van der Waals surface area contributed by atoms with Crippen LogP contribution in [-0.2, 0) is 10.0 Å². The average molecular weight is 316 g/mol. The Morgan fingerprint density at radius 2 is 2.19 bits per heavy atom. The largest absolute Gasteiger partial charge is 0.492 e. The molecule has 7 heteroatoms. The van der Waals surface area contributed by atoms with E-state index in [1.807, 2.05) is 6.92 Å². The third kappa shape index (κ3) is 3.13. The number of rotatable bonds is 4. The summed E-state index contributed by atoms with van der Waals surface area (Å²) in [5.74, 6) is -0.534. The first kappa shape index (κ1) is 16.0. The molecule has 1 aliphatic rings. The maximum atomic E-state index is 13.9. The standard InChI is InChI=1S/C14H21FN2O3S/c1-3-10-5-4-6-17(9-10)21(18,19)11-7-12(15)14(20-2)13(16)8-11/h7-8,10H,3-6,9,16H2,1-2H3. The van der Waals surface area contributed by atoms with E-state index in [1.165, 1.54) is 17.5 Å². The van der Waals surface area contributed by atoms with Crippen molar-refractivity contribution in [3.05, 3.63) is 17.9 Å². The average Bonchev–Trinajstić information content (AvgIpc) is 2.47. The summed E-state index contributed by atoms with van der Waals surface area (Å²) in [7, 11) is -2.43. The molecule has 1 aromatic carbocycles. The Hall–Kier alpha value is -1.34. The van der Waals surface area contributed by atoms with Crippen LogP contribution in [0.3, 0.4) is 0 Å². The first-order chi connectivity index (χ1) is 9.90. The number of piperidine rings is 1. The van der Waals surface area contributed by atoms with E-state index < -0.39 is 15.8 Å². The molecular formula is C14H21FN2O3S. The van der Waals surface area contributed by atoms with E-state index in [1.54, 1.807) is 0 Å². The molecule has 0 bridgehead atoms. The molecule has 0 radical (unpaired) electrons. The van der Waals surface area contributed by atoms with Gasteiger partial charge in [0.25, 0.3) is 0 Å². The van der Waals surface area contributed by atoms with Crippen LogP contribution >= 0.6 is 0 Å². The number of ether oxygens (including phenoxy) is 1. The highest BCUT2D eigenvalue weighted by Crippen LogP contribution is 2.31. The van der Waals surface area contributed by atoms with E-state index in [4.69, 9.17) is 10.5 Å². The Labute approximate surface area is 124 Å². The summed E-state index contributed by atoms with van der Waals surface area (Å²) < 4.78 is 45.3. The lowest BCUT2D eigenvalue weighted by Gasteiger charge is -2.31. The molecule has 2 N–H and O–H groups in total. The summed E-state index contributed by atoms with van der Waals surface area (Å²) in [6, 6.07) is 2.23. The van der Waals surface area contributed by atoms with Gasteiger partial charge in [-0.3, -0.25) is 0 Å². The Morgan fingerprint density at radius 1 is 1.48 bits per heavy atom. The number of hydrogen-bond acceptors (Lipinski definition) is 4. The molecule has 0 saturated carbocycles. The van der Waals surface area contributed by atoms with Gasteiger partial charge in [-0.25, -0.2) is 12.8 Å². The van der Waals surface area contributed by atoms with Crippen molar-refractivity contribution in [1.29, 1.82) is 0 Å². The zero-order chi connectivity index (χ0) is 15.6. The number of nitrogens with two attached hydrogens (primary N) is 1. The normalized spacial score (nSPS) is 20.4. The van der Waals surface area contributed by atoms with Gasteiger partial charge in [0.15, 0.2) is 11.6 Å². The number of nitrogen functional groups attached to an aromatic ring is 1. The fourth-order valence-electron chi connectivity index (χ4n) is 2.68. The summed E-state index contributed by atoms with van der Waals surface area (Å²) in [4.78, 5) is -0.116. The van der Waals surface area contributed by atoms with Crippen LogP contribution in [0.1, 0.15) is 26.2 Å². The molecule has 118 valence electrons. The number of benzene rings is 1. The van der Waals surface area contributed by atoms with Crippen LogP contribution in [0.4, 0.5) is 10.1 Å². The van der Waals surface area contributed by atoms with Crippen LogP contribution in [0.25, 0.3) is 0 Å². The monoisotopic (exact) mass is 316 g/mol. The summed E-state index contributed by atoms with van der Waals surface area (Å²) in [5.41, 5.74) is 5.65. The Bertz CT molecular complexity index is 596. The van der Waals surface area contributed by atoms with Crippen molar-refractivity contribution in [1.82, 2.24) is 4.31 Å². The number of anilines is 1. The predicted octanol–water partition coefficient (Wildman–Crippen LogP) is 2.23. The molecule has 1 aliphatic heterocycles. The summed E-state index contributed by atoms with van der Waals surface area (Å²) in [6.07, 6.45) is 2.79. The van der Waals surface area contributed by atoms with Crippen LogP contribution in [0.15, 0.2) is 17.0 Å². The van der Waals surface area contributed by atoms with Crippen LogP contribution in [-0.4, -0.2) is 32.9 Å². The highest BCUT2D eigenvalue weighted by atomic mass is 32.2. The van der Waals surface area contributed by atoms with Crippen molar-refractivity contribution >= 4 is 15.7 Å². The minimum Gasteiger partial charge on any atom is -0.492 e. The number of hydrogen-bond donors (Lipinski definition) is 1. The van der Waals surface area contributed by atoms with Gasteiger partial charge < -0.3 is 10.5 Å². The molecule has 1 unspecified atom stereocenters. The number of sulfonamides is 1. The van der Waals surface area contributed by atoms with Crippen molar-refractivity contribution in [2.45, 2.75) is 31.1 Å². The molecule has 0 aliphatic carbocycles. The lowest BCUT2D eigenvalue weighted by atomic mass is 9.97. The fraction of sp³-hybridized carbons (Fsp3) is 0.571. The second-order valence-corrected chi connectivity index (χ2v) is 7.25. The zero-order valence-corrected chi connectivity index (χ0v) is 13.1. The minimum absolute atomic E-state index is 0.0138. The van der Waals surface area contributed by atoms with Crippen molar-refractivity contribution < 1.29 is 17.5 Å². The van der Waals surface area contributed by atoms with Crippen molar-refractivity contribution in [2.75, 3.05) is 25.9 Å².